The fraction of sp³-hybridized carbons (Fsp3) is 0.208. The summed E-state index contributed by atoms with van der Waals surface area (Å²) in [7, 11) is 0. The van der Waals surface area contributed by atoms with Crippen LogP contribution < -0.4 is 16.0 Å². The zero-order valence-electron chi connectivity index (χ0n) is 17.9. The molecule has 0 saturated heterocycles. The predicted molar refractivity (Wildman–Crippen MR) is 128 cm³/mol. The monoisotopic (exact) mass is 493 g/mol. The van der Waals surface area contributed by atoms with E-state index in [0.717, 1.165) is 26.8 Å². The second-order valence-electron chi connectivity index (χ2n) is 8.14. The van der Waals surface area contributed by atoms with Gasteiger partial charge in [0, 0.05) is 17.0 Å². The van der Waals surface area contributed by atoms with E-state index in [4.69, 9.17) is 38.2 Å². The first-order valence-corrected chi connectivity index (χ1v) is 11.3. The number of nitrogens with zero attached hydrogens (tertiary/aromatic N) is 4. The van der Waals surface area contributed by atoms with E-state index in [0.29, 0.717) is 11.7 Å². The second-order valence-corrected chi connectivity index (χ2v) is 8.96. The number of H-pyrrole nitrogens is 1. The van der Waals surface area contributed by atoms with Gasteiger partial charge in [-0.25, -0.2) is 4.79 Å². The molecule has 1 saturated carbocycles. The number of hydrogen-bond acceptors (Lipinski definition) is 6. The summed E-state index contributed by atoms with van der Waals surface area (Å²) in [5, 5.41) is 14.0. The van der Waals surface area contributed by atoms with Crippen LogP contribution >= 0.6 is 23.2 Å². The molecule has 0 unspecified atom stereocenters. The van der Waals surface area contributed by atoms with Gasteiger partial charge in [-0.2, -0.15) is 9.94 Å². The molecule has 2 heterocycles. The van der Waals surface area contributed by atoms with Crippen LogP contribution in [-0.4, -0.2) is 19.7 Å². The van der Waals surface area contributed by atoms with Gasteiger partial charge in [-0.1, -0.05) is 29.6 Å². The second kappa shape index (κ2) is 8.60. The zero-order valence-corrected chi connectivity index (χ0v) is 19.4. The predicted octanol–water partition coefficient (Wildman–Crippen LogP) is 5.02. The summed E-state index contributed by atoms with van der Waals surface area (Å²) in [6.07, 6.45) is 3.62. The number of aromatic amines is 1. The lowest BCUT2D eigenvalue weighted by molar-refractivity contribution is 0.412. The minimum atomic E-state index is -0.873. The number of ether oxygens (including phenoxy) is 1. The first kappa shape index (κ1) is 22.1. The number of benzene rings is 2. The van der Waals surface area contributed by atoms with E-state index in [2.05, 4.69) is 18.1 Å². The average Bonchev–Trinajstić information content (AvgIpc) is 2.75. The van der Waals surface area contributed by atoms with Gasteiger partial charge >= 0.3 is 5.69 Å². The summed E-state index contributed by atoms with van der Waals surface area (Å²) in [4.78, 5) is 30.6. The number of pyridine rings is 1. The van der Waals surface area contributed by atoms with E-state index in [1.54, 1.807) is 12.1 Å². The molecule has 5 rings (SSSR count). The highest BCUT2D eigenvalue weighted by atomic mass is 35.5. The lowest BCUT2D eigenvalue weighted by Crippen LogP contribution is -2.33. The van der Waals surface area contributed by atoms with E-state index < -0.39 is 16.9 Å². The number of rotatable bonds is 4. The van der Waals surface area contributed by atoms with Crippen LogP contribution in [0.25, 0.3) is 16.6 Å². The third-order valence-corrected chi connectivity index (χ3v) is 6.47. The van der Waals surface area contributed by atoms with Crippen LogP contribution in [0.15, 0.2) is 46.0 Å². The van der Waals surface area contributed by atoms with Crippen LogP contribution in [0.5, 0.6) is 11.5 Å². The molecule has 0 atom stereocenters. The van der Waals surface area contributed by atoms with Gasteiger partial charge in [0.2, 0.25) is 5.69 Å². The Balaban J connectivity index is 1.49. The van der Waals surface area contributed by atoms with Gasteiger partial charge in [0.05, 0.1) is 21.2 Å². The smallest absolute Gasteiger partial charge is 0.349 e. The average molecular weight is 494 g/mol. The molecule has 8 nitrogen and oxygen atoms in total. The number of fused-ring (bicyclic) bond motifs is 1. The normalized spacial score (nSPS) is 13.5. The number of aryl methyl sites for hydroxylation is 1. The minimum absolute atomic E-state index is 0.121. The van der Waals surface area contributed by atoms with Crippen molar-refractivity contribution in [1.82, 2.24) is 19.7 Å². The Hall–Kier alpha value is -3.67. The van der Waals surface area contributed by atoms with Crippen molar-refractivity contribution in [1.29, 1.82) is 5.26 Å². The van der Waals surface area contributed by atoms with Gasteiger partial charge in [-0.05, 0) is 61.7 Å². The molecule has 1 aliphatic carbocycles. The zero-order chi connectivity index (χ0) is 24.0. The van der Waals surface area contributed by atoms with E-state index in [1.807, 2.05) is 17.1 Å². The van der Waals surface area contributed by atoms with E-state index in [9.17, 15) is 9.59 Å². The van der Waals surface area contributed by atoms with Gasteiger partial charge < -0.3 is 4.74 Å². The topological polar surface area (TPSA) is 114 Å². The molecule has 1 aliphatic rings. The molecule has 2 aromatic carbocycles. The van der Waals surface area contributed by atoms with E-state index in [1.165, 1.54) is 31.4 Å². The highest BCUT2D eigenvalue weighted by Crippen LogP contribution is 2.40. The molecular weight excluding hydrogens is 477 g/mol. The van der Waals surface area contributed by atoms with Crippen molar-refractivity contribution in [3.05, 3.63) is 84.2 Å². The lowest BCUT2D eigenvalue weighted by atomic mass is 9.82. The lowest BCUT2D eigenvalue weighted by Gasteiger charge is -2.25. The molecule has 1 fully saturated rings. The third-order valence-electron chi connectivity index (χ3n) is 5.91. The number of nitrogens with one attached hydrogen (secondary N) is 1. The van der Waals surface area contributed by atoms with Crippen LogP contribution in [0.3, 0.4) is 0 Å². The Bertz CT molecular complexity index is 1590. The maximum absolute atomic E-state index is 12.2. The largest absolute Gasteiger partial charge is 0.454 e. The number of nitriles is 1. The molecule has 34 heavy (non-hydrogen) atoms. The Morgan fingerprint density at radius 2 is 1.88 bits per heavy atom. The fourth-order valence-electron chi connectivity index (χ4n) is 3.91. The van der Waals surface area contributed by atoms with Crippen molar-refractivity contribution in [2.45, 2.75) is 32.1 Å². The fourth-order valence-corrected chi connectivity index (χ4v) is 4.46. The van der Waals surface area contributed by atoms with Gasteiger partial charge in [0.15, 0.2) is 5.75 Å². The standard InChI is InChI=1S/C24H17Cl2N5O3/c1-12-7-20(13-3-2-4-13)28-19-6-5-15(10-16(12)19)34-22-17(25)8-14(9-18(22)26)31-24(33)29-23(32)21(11-27)30-31/h5-10,13H,2-4H2,1H3,(H,29,32,33). The Labute approximate surface area is 203 Å². The molecule has 0 spiro atoms. The first-order chi connectivity index (χ1) is 16.3. The van der Waals surface area contributed by atoms with Crippen LogP contribution in [0.1, 0.15) is 42.1 Å². The quantitative estimate of drug-likeness (QED) is 0.427. The number of hydrogen-bond donors (Lipinski definition) is 1. The highest BCUT2D eigenvalue weighted by Gasteiger charge is 2.22. The summed E-state index contributed by atoms with van der Waals surface area (Å²) in [6, 6.07) is 12.2. The van der Waals surface area contributed by atoms with Crippen molar-refractivity contribution >= 4 is 34.1 Å². The van der Waals surface area contributed by atoms with Crippen LogP contribution in [-0.2, 0) is 0 Å². The highest BCUT2D eigenvalue weighted by molar-refractivity contribution is 6.37. The van der Waals surface area contributed by atoms with Gasteiger partial charge in [-0.15, -0.1) is 5.10 Å². The van der Waals surface area contributed by atoms with Crippen molar-refractivity contribution in [3.8, 4) is 23.3 Å². The molecule has 2 aromatic heterocycles. The molecule has 0 bridgehead atoms. The molecule has 10 heteroatoms. The van der Waals surface area contributed by atoms with Crippen LogP contribution in [0.4, 0.5) is 0 Å². The van der Waals surface area contributed by atoms with Crippen molar-refractivity contribution in [2.75, 3.05) is 0 Å². The van der Waals surface area contributed by atoms with Gasteiger partial charge in [-0.3, -0.25) is 14.8 Å². The first-order valence-electron chi connectivity index (χ1n) is 10.6. The van der Waals surface area contributed by atoms with Crippen LogP contribution in [0.2, 0.25) is 10.0 Å². The summed E-state index contributed by atoms with van der Waals surface area (Å²) < 4.78 is 6.83. The van der Waals surface area contributed by atoms with E-state index in [-0.39, 0.29) is 21.5 Å². The minimum Gasteiger partial charge on any atom is -0.454 e. The molecule has 0 aliphatic heterocycles. The molecule has 170 valence electrons. The van der Waals surface area contributed by atoms with Gasteiger partial charge in [0.1, 0.15) is 11.8 Å². The SMILES string of the molecule is Cc1cc(C2CCC2)nc2ccc(Oc3c(Cl)cc(-n4nc(C#N)c(=O)[nH]c4=O)cc3Cl)cc12. The Morgan fingerprint density at radius 3 is 2.53 bits per heavy atom. The number of halogens is 2. The molecular formula is C24H17Cl2N5O3. The van der Waals surface area contributed by atoms with Crippen molar-refractivity contribution in [3.63, 3.8) is 0 Å². The Morgan fingerprint density at radius 1 is 1.15 bits per heavy atom. The van der Waals surface area contributed by atoms with Gasteiger partial charge in [0.25, 0.3) is 5.56 Å². The molecule has 0 radical (unpaired) electrons. The Kier molecular flexibility index (Phi) is 5.60. The maximum Gasteiger partial charge on any atom is 0.349 e. The maximum atomic E-state index is 12.2. The van der Waals surface area contributed by atoms with Crippen LogP contribution in [0, 0.1) is 18.3 Å². The van der Waals surface area contributed by atoms with Crippen molar-refractivity contribution < 1.29 is 4.74 Å². The molecule has 4 aromatic rings. The number of aromatic nitrogens is 4. The third kappa shape index (κ3) is 3.94. The summed E-state index contributed by atoms with van der Waals surface area (Å²) in [5.74, 6) is 1.27. The summed E-state index contributed by atoms with van der Waals surface area (Å²) in [5.41, 5.74) is 1.15. The van der Waals surface area contributed by atoms with Crippen molar-refractivity contribution in [2.24, 2.45) is 0 Å². The summed E-state index contributed by atoms with van der Waals surface area (Å²) in [6.45, 7) is 2.05. The molecule has 0 amide bonds. The summed E-state index contributed by atoms with van der Waals surface area (Å²) >= 11 is 12.8. The van der Waals surface area contributed by atoms with E-state index >= 15 is 0 Å². The molecule has 1 N–H and O–H groups in total.